The number of nitro benzene ring substituents is 1. The Morgan fingerprint density at radius 1 is 1.10 bits per heavy atom. The van der Waals surface area contributed by atoms with E-state index in [1.165, 1.54) is 18.3 Å². The number of hydrazone groups is 1. The average molecular weight is 454 g/mol. The highest BCUT2D eigenvalue weighted by Gasteiger charge is 2.07. The Kier molecular flexibility index (Phi) is 6.70. The Balaban J connectivity index is 1.57. The second-order valence-corrected chi connectivity index (χ2v) is 6.82. The number of benzene rings is 3. The van der Waals surface area contributed by atoms with Gasteiger partial charge in [0.1, 0.15) is 12.4 Å². The standard InChI is InChI=1S/C21H16BrN3O4/c22-20-7-2-1-6-19(20)21(26)24-23-13-16-4-3-5-18(12-16)29-14-15-8-10-17(11-9-15)25(27)28/h1-13H,14H2,(H,24,26)/b23-13+. The molecule has 0 atom stereocenters. The van der Waals surface area contributed by atoms with E-state index < -0.39 is 4.92 Å². The maximum atomic E-state index is 12.1. The molecule has 7 nitrogen and oxygen atoms in total. The topological polar surface area (TPSA) is 93.8 Å². The number of nitrogens with zero attached hydrogens (tertiary/aromatic N) is 2. The number of hydrogen-bond acceptors (Lipinski definition) is 5. The Labute approximate surface area is 175 Å². The molecule has 0 aliphatic carbocycles. The minimum atomic E-state index is -0.442. The van der Waals surface area contributed by atoms with Crippen molar-refractivity contribution >= 4 is 33.7 Å². The summed E-state index contributed by atoms with van der Waals surface area (Å²) in [4.78, 5) is 22.4. The molecule has 8 heteroatoms. The van der Waals surface area contributed by atoms with Crippen molar-refractivity contribution in [2.75, 3.05) is 0 Å². The molecular weight excluding hydrogens is 438 g/mol. The van der Waals surface area contributed by atoms with E-state index in [-0.39, 0.29) is 18.2 Å². The van der Waals surface area contributed by atoms with Gasteiger partial charge >= 0.3 is 0 Å². The largest absolute Gasteiger partial charge is 0.489 e. The molecule has 146 valence electrons. The third-order valence-corrected chi connectivity index (χ3v) is 4.60. The van der Waals surface area contributed by atoms with Gasteiger partial charge in [0.25, 0.3) is 11.6 Å². The molecule has 0 fully saturated rings. The van der Waals surface area contributed by atoms with Crippen LogP contribution in [0.15, 0.2) is 82.4 Å². The van der Waals surface area contributed by atoms with Crippen molar-refractivity contribution in [1.82, 2.24) is 5.43 Å². The fourth-order valence-corrected chi connectivity index (χ4v) is 2.90. The van der Waals surface area contributed by atoms with Crippen molar-refractivity contribution in [3.63, 3.8) is 0 Å². The smallest absolute Gasteiger partial charge is 0.272 e. The zero-order valence-electron chi connectivity index (χ0n) is 15.1. The first-order chi connectivity index (χ1) is 14.0. The average Bonchev–Trinajstić information content (AvgIpc) is 2.73. The van der Waals surface area contributed by atoms with Gasteiger partial charge < -0.3 is 4.74 Å². The van der Waals surface area contributed by atoms with E-state index in [0.717, 1.165) is 11.1 Å². The maximum Gasteiger partial charge on any atom is 0.272 e. The number of carbonyl (C=O) groups excluding carboxylic acids is 1. The summed E-state index contributed by atoms with van der Waals surface area (Å²) in [5, 5.41) is 14.7. The number of carbonyl (C=O) groups is 1. The molecular formula is C21H16BrN3O4. The fourth-order valence-electron chi connectivity index (χ4n) is 2.44. The van der Waals surface area contributed by atoms with Crippen LogP contribution in [0.5, 0.6) is 5.75 Å². The number of amides is 1. The molecule has 0 aromatic heterocycles. The molecule has 0 spiro atoms. The molecule has 29 heavy (non-hydrogen) atoms. The molecule has 1 N–H and O–H groups in total. The Hall–Kier alpha value is -3.52. The van der Waals surface area contributed by atoms with Crippen molar-refractivity contribution in [2.45, 2.75) is 6.61 Å². The number of nitro groups is 1. The zero-order chi connectivity index (χ0) is 20.6. The second kappa shape index (κ2) is 9.61. The summed E-state index contributed by atoms with van der Waals surface area (Å²) in [7, 11) is 0. The van der Waals surface area contributed by atoms with Gasteiger partial charge in [0.2, 0.25) is 0 Å². The minimum absolute atomic E-state index is 0.0385. The monoisotopic (exact) mass is 453 g/mol. The van der Waals surface area contributed by atoms with Crippen LogP contribution in [0.25, 0.3) is 0 Å². The van der Waals surface area contributed by atoms with Crippen molar-refractivity contribution in [2.24, 2.45) is 5.10 Å². The van der Waals surface area contributed by atoms with Gasteiger partial charge in [-0.3, -0.25) is 14.9 Å². The van der Waals surface area contributed by atoms with Crippen LogP contribution >= 0.6 is 15.9 Å². The molecule has 0 saturated heterocycles. The Bertz CT molecular complexity index is 1050. The summed E-state index contributed by atoms with van der Waals surface area (Å²) in [5.74, 6) is 0.295. The van der Waals surface area contributed by atoms with Crippen molar-refractivity contribution < 1.29 is 14.5 Å². The molecule has 0 unspecified atom stereocenters. The number of nitrogens with one attached hydrogen (secondary N) is 1. The summed E-state index contributed by atoms with van der Waals surface area (Å²) in [5.41, 5.74) is 4.58. The summed E-state index contributed by atoms with van der Waals surface area (Å²) in [6.45, 7) is 0.275. The van der Waals surface area contributed by atoms with Gasteiger partial charge in [0, 0.05) is 16.6 Å². The molecule has 3 aromatic rings. The molecule has 0 radical (unpaired) electrons. The molecule has 0 saturated carbocycles. The lowest BCUT2D eigenvalue weighted by molar-refractivity contribution is -0.384. The van der Waals surface area contributed by atoms with Crippen LogP contribution in [0.1, 0.15) is 21.5 Å². The van der Waals surface area contributed by atoms with Gasteiger partial charge in [-0.2, -0.15) is 5.10 Å². The SMILES string of the molecule is O=C(N/N=C/c1cccc(OCc2ccc([N+](=O)[O-])cc2)c1)c1ccccc1Br. The second-order valence-electron chi connectivity index (χ2n) is 5.96. The van der Waals surface area contributed by atoms with E-state index in [0.29, 0.717) is 15.8 Å². The predicted molar refractivity (Wildman–Crippen MR) is 113 cm³/mol. The van der Waals surface area contributed by atoms with Crippen LogP contribution in [-0.4, -0.2) is 17.0 Å². The summed E-state index contributed by atoms with van der Waals surface area (Å²) in [6, 6.07) is 20.5. The van der Waals surface area contributed by atoms with Crippen molar-refractivity contribution in [3.8, 4) is 5.75 Å². The highest BCUT2D eigenvalue weighted by molar-refractivity contribution is 9.10. The van der Waals surface area contributed by atoms with Gasteiger partial charge in [-0.05, 0) is 63.5 Å². The van der Waals surface area contributed by atoms with Crippen molar-refractivity contribution in [3.05, 3.63) is 104 Å². The number of halogens is 1. The van der Waals surface area contributed by atoms with Crippen LogP contribution in [0, 0.1) is 10.1 Å². The molecule has 0 aliphatic rings. The van der Waals surface area contributed by atoms with E-state index in [2.05, 4.69) is 26.5 Å². The van der Waals surface area contributed by atoms with Gasteiger partial charge in [0.15, 0.2) is 0 Å². The van der Waals surface area contributed by atoms with Gasteiger partial charge in [-0.25, -0.2) is 5.43 Å². The minimum Gasteiger partial charge on any atom is -0.489 e. The van der Waals surface area contributed by atoms with Gasteiger partial charge in [0.05, 0.1) is 16.7 Å². The third kappa shape index (κ3) is 5.73. The highest BCUT2D eigenvalue weighted by atomic mass is 79.9. The van der Waals surface area contributed by atoms with Gasteiger partial charge in [-0.1, -0.05) is 24.3 Å². The third-order valence-electron chi connectivity index (χ3n) is 3.91. The quantitative estimate of drug-likeness (QED) is 0.318. The van der Waals surface area contributed by atoms with Crippen LogP contribution in [0.2, 0.25) is 0 Å². The molecule has 3 aromatic carbocycles. The van der Waals surface area contributed by atoms with Crippen LogP contribution < -0.4 is 10.2 Å². The zero-order valence-corrected chi connectivity index (χ0v) is 16.7. The molecule has 0 heterocycles. The van der Waals surface area contributed by atoms with E-state index >= 15 is 0 Å². The Morgan fingerprint density at radius 2 is 1.86 bits per heavy atom. The summed E-state index contributed by atoms with van der Waals surface area (Å²) < 4.78 is 6.41. The lowest BCUT2D eigenvalue weighted by Gasteiger charge is -2.07. The molecule has 0 bridgehead atoms. The first-order valence-electron chi connectivity index (χ1n) is 8.57. The Morgan fingerprint density at radius 3 is 2.59 bits per heavy atom. The first-order valence-corrected chi connectivity index (χ1v) is 9.36. The van der Waals surface area contributed by atoms with Gasteiger partial charge in [-0.15, -0.1) is 0 Å². The number of ether oxygens (including phenoxy) is 1. The highest BCUT2D eigenvalue weighted by Crippen LogP contribution is 2.17. The van der Waals surface area contributed by atoms with E-state index in [1.54, 1.807) is 42.5 Å². The van der Waals surface area contributed by atoms with E-state index in [1.807, 2.05) is 18.2 Å². The maximum absolute atomic E-state index is 12.1. The van der Waals surface area contributed by atoms with E-state index in [9.17, 15) is 14.9 Å². The molecule has 3 rings (SSSR count). The number of hydrogen-bond donors (Lipinski definition) is 1. The molecule has 0 aliphatic heterocycles. The normalized spacial score (nSPS) is 10.7. The van der Waals surface area contributed by atoms with Crippen molar-refractivity contribution in [1.29, 1.82) is 0 Å². The lowest BCUT2D eigenvalue weighted by atomic mass is 10.2. The van der Waals surface area contributed by atoms with Crippen LogP contribution in [-0.2, 0) is 6.61 Å². The first kappa shape index (κ1) is 20.2. The predicted octanol–water partition coefficient (Wildman–Crippen LogP) is 4.70. The lowest BCUT2D eigenvalue weighted by Crippen LogP contribution is -2.18. The fraction of sp³-hybridized carbons (Fsp3) is 0.0476. The summed E-state index contributed by atoms with van der Waals surface area (Å²) >= 11 is 3.33. The van der Waals surface area contributed by atoms with E-state index in [4.69, 9.17) is 4.74 Å². The number of non-ortho nitro benzene ring substituents is 1. The van der Waals surface area contributed by atoms with Crippen LogP contribution in [0.3, 0.4) is 0 Å². The number of rotatable bonds is 7. The summed E-state index contributed by atoms with van der Waals surface area (Å²) in [6.07, 6.45) is 1.52. The van der Waals surface area contributed by atoms with Crippen LogP contribution in [0.4, 0.5) is 5.69 Å². The molecule has 1 amide bonds.